The minimum Gasteiger partial charge on any atom is -0.461 e. The first kappa shape index (κ1) is 31.5. The zero-order valence-corrected chi connectivity index (χ0v) is 24.2. The van der Waals surface area contributed by atoms with Crippen molar-refractivity contribution in [2.75, 3.05) is 44.6 Å². The smallest absolute Gasteiger partial charge is 0.410 e. The molecule has 0 saturated carbocycles. The van der Waals surface area contributed by atoms with E-state index >= 15 is 0 Å². The predicted octanol–water partition coefficient (Wildman–Crippen LogP) is 3.15. The molecule has 1 fully saturated rings. The number of benzene rings is 3. The van der Waals surface area contributed by atoms with Gasteiger partial charge < -0.3 is 35.2 Å². The van der Waals surface area contributed by atoms with Crippen LogP contribution in [-0.2, 0) is 32.3 Å². The summed E-state index contributed by atoms with van der Waals surface area (Å²) in [5.74, 6) is -1.31. The maximum atomic E-state index is 12.6. The van der Waals surface area contributed by atoms with Gasteiger partial charge in [-0.1, -0.05) is 66.7 Å². The molecule has 12 heteroatoms. The Morgan fingerprint density at radius 2 is 1.30 bits per heavy atom. The highest BCUT2D eigenvalue weighted by Crippen LogP contribution is 2.11. The van der Waals surface area contributed by atoms with Gasteiger partial charge in [0.1, 0.15) is 13.2 Å². The molecule has 4 rings (SSSR count). The maximum absolute atomic E-state index is 12.6. The molecular weight excluding hydrogens is 566 g/mol. The van der Waals surface area contributed by atoms with Crippen LogP contribution >= 0.6 is 0 Å². The van der Waals surface area contributed by atoms with Crippen LogP contribution in [0.4, 0.5) is 15.3 Å². The average Bonchev–Trinajstić information content (AvgIpc) is 3.06. The molecule has 3 N–H and O–H groups in total. The van der Waals surface area contributed by atoms with Crippen LogP contribution in [0.2, 0.25) is 0 Å². The molecule has 5 amide bonds. The molecule has 0 atom stereocenters. The van der Waals surface area contributed by atoms with Crippen molar-refractivity contribution in [2.24, 2.45) is 0 Å². The Hall–Kier alpha value is -5.39. The molecule has 0 aromatic heterocycles. The number of esters is 1. The second-order valence-electron chi connectivity index (χ2n) is 9.95. The number of carbonyl (C=O) groups is 5. The monoisotopic (exact) mass is 601 g/mol. The fraction of sp³-hybridized carbons (Fsp3) is 0.281. The molecule has 0 aliphatic carbocycles. The van der Waals surface area contributed by atoms with Gasteiger partial charge in [0.15, 0.2) is 0 Å². The van der Waals surface area contributed by atoms with Gasteiger partial charge in [-0.3, -0.25) is 14.4 Å². The zero-order chi connectivity index (χ0) is 31.1. The Bertz CT molecular complexity index is 1430. The zero-order valence-electron chi connectivity index (χ0n) is 24.2. The van der Waals surface area contributed by atoms with E-state index in [1.54, 1.807) is 23.1 Å². The fourth-order valence-electron chi connectivity index (χ4n) is 4.30. The lowest BCUT2D eigenvalue weighted by molar-refractivity contribution is -0.144. The normalized spacial score (nSPS) is 12.5. The summed E-state index contributed by atoms with van der Waals surface area (Å²) >= 11 is 0. The number of hydrogen-bond donors (Lipinski definition) is 3. The number of anilines is 1. The van der Waals surface area contributed by atoms with E-state index in [-0.39, 0.29) is 32.7 Å². The van der Waals surface area contributed by atoms with Gasteiger partial charge in [-0.2, -0.15) is 0 Å². The SMILES string of the molecule is O=C(CNC(=O)N1CCN(C(=O)OCc2ccccc2)CC1)Nc1cccc(C(=O)NCCC(=O)OCc2ccccc2)c1. The van der Waals surface area contributed by atoms with Crippen LogP contribution in [0.15, 0.2) is 84.9 Å². The van der Waals surface area contributed by atoms with Crippen LogP contribution in [0.5, 0.6) is 0 Å². The molecule has 0 radical (unpaired) electrons. The molecule has 1 aliphatic rings. The number of nitrogens with zero attached hydrogens (tertiary/aromatic N) is 2. The molecule has 0 spiro atoms. The number of hydrogen-bond acceptors (Lipinski definition) is 7. The summed E-state index contributed by atoms with van der Waals surface area (Å²) in [6.45, 7) is 1.39. The molecule has 44 heavy (non-hydrogen) atoms. The van der Waals surface area contributed by atoms with Gasteiger partial charge in [-0.15, -0.1) is 0 Å². The molecule has 3 aromatic rings. The molecule has 230 valence electrons. The minimum absolute atomic E-state index is 0.0160. The number of nitrogens with one attached hydrogen (secondary N) is 3. The van der Waals surface area contributed by atoms with Gasteiger partial charge in [-0.25, -0.2) is 9.59 Å². The van der Waals surface area contributed by atoms with Crippen molar-refractivity contribution in [1.82, 2.24) is 20.4 Å². The molecule has 1 aliphatic heterocycles. The number of rotatable bonds is 11. The summed E-state index contributed by atoms with van der Waals surface area (Å²) in [5, 5.41) is 7.89. The van der Waals surface area contributed by atoms with E-state index in [4.69, 9.17) is 9.47 Å². The summed E-state index contributed by atoms with van der Waals surface area (Å²) in [6, 6.07) is 24.6. The maximum Gasteiger partial charge on any atom is 0.410 e. The van der Waals surface area contributed by atoms with Crippen molar-refractivity contribution in [3.8, 4) is 0 Å². The van der Waals surface area contributed by atoms with E-state index in [2.05, 4.69) is 16.0 Å². The highest BCUT2D eigenvalue weighted by molar-refractivity contribution is 5.98. The lowest BCUT2D eigenvalue weighted by Crippen LogP contribution is -2.53. The first-order chi connectivity index (χ1) is 21.4. The van der Waals surface area contributed by atoms with Crippen LogP contribution in [0, 0.1) is 0 Å². The number of ether oxygens (including phenoxy) is 2. The largest absolute Gasteiger partial charge is 0.461 e. The predicted molar refractivity (Wildman–Crippen MR) is 161 cm³/mol. The van der Waals surface area contributed by atoms with Crippen molar-refractivity contribution in [2.45, 2.75) is 19.6 Å². The molecule has 3 aromatic carbocycles. The Kier molecular flexibility index (Phi) is 11.7. The second kappa shape index (κ2) is 16.3. The summed E-state index contributed by atoms with van der Waals surface area (Å²) in [4.78, 5) is 64.9. The highest BCUT2D eigenvalue weighted by atomic mass is 16.6. The topological polar surface area (TPSA) is 146 Å². The van der Waals surface area contributed by atoms with E-state index in [1.807, 2.05) is 60.7 Å². The van der Waals surface area contributed by atoms with Gasteiger partial charge in [0.2, 0.25) is 5.91 Å². The second-order valence-corrected chi connectivity index (χ2v) is 9.95. The fourth-order valence-corrected chi connectivity index (χ4v) is 4.30. The van der Waals surface area contributed by atoms with E-state index in [0.29, 0.717) is 37.4 Å². The van der Waals surface area contributed by atoms with Crippen molar-refractivity contribution in [3.63, 3.8) is 0 Å². The number of amides is 5. The first-order valence-electron chi connectivity index (χ1n) is 14.2. The van der Waals surface area contributed by atoms with Gasteiger partial charge in [0.05, 0.1) is 13.0 Å². The van der Waals surface area contributed by atoms with Gasteiger partial charge in [-0.05, 0) is 29.3 Å². The Morgan fingerprint density at radius 1 is 0.682 bits per heavy atom. The van der Waals surface area contributed by atoms with Gasteiger partial charge in [0.25, 0.3) is 5.91 Å². The van der Waals surface area contributed by atoms with E-state index in [1.165, 1.54) is 11.0 Å². The van der Waals surface area contributed by atoms with Gasteiger partial charge in [0, 0.05) is 44.0 Å². The van der Waals surface area contributed by atoms with Crippen molar-refractivity contribution in [3.05, 3.63) is 102 Å². The molecule has 0 unspecified atom stereocenters. The summed E-state index contributed by atoms with van der Waals surface area (Å²) in [6.07, 6.45) is -0.423. The lowest BCUT2D eigenvalue weighted by atomic mass is 10.2. The third kappa shape index (κ3) is 10.2. The van der Waals surface area contributed by atoms with E-state index in [0.717, 1.165) is 11.1 Å². The number of piperazine rings is 1. The van der Waals surface area contributed by atoms with Crippen molar-refractivity contribution >= 4 is 35.6 Å². The van der Waals surface area contributed by atoms with Gasteiger partial charge >= 0.3 is 18.1 Å². The van der Waals surface area contributed by atoms with E-state index in [9.17, 15) is 24.0 Å². The minimum atomic E-state index is -0.472. The van der Waals surface area contributed by atoms with Crippen LogP contribution in [0.3, 0.4) is 0 Å². The van der Waals surface area contributed by atoms with Crippen molar-refractivity contribution < 1.29 is 33.4 Å². The van der Waals surface area contributed by atoms with Crippen LogP contribution in [0.25, 0.3) is 0 Å². The Balaban J connectivity index is 1.12. The molecule has 0 bridgehead atoms. The Labute approximate surface area is 255 Å². The number of carbonyl (C=O) groups excluding carboxylic acids is 5. The first-order valence-corrected chi connectivity index (χ1v) is 14.2. The average molecular weight is 602 g/mol. The molecule has 1 heterocycles. The highest BCUT2D eigenvalue weighted by Gasteiger charge is 2.25. The third-order valence-corrected chi connectivity index (χ3v) is 6.70. The standard InChI is InChI=1S/C32H35N5O7/c38-28(21-34-31(41)36-16-18-37(19-17-36)32(42)44-23-25-10-5-2-6-11-25)35-27-13-7-12-26(20-27)30(40)33-15-14-29(39)43-22-24-8-3-1-4-9-24/h1-13,20H,14-19,21-23H2,(H,33,40)(H,34,41)(H,35,38). The number of urea groups is 1. The summed E-state index contributed by atoms with van der Waals surface area (Å²) < 4.78 is 10.5. The molecule has 12 nitrogen and oxygen atoms in total. The van der Waals surface area contributed by atoms with Crippen LogP contribution in [-0.4, -0.2) is 79.0 Å². The quantitative estimate of drug-likeness (QED) is 0.286. The van der Waals surface area contributed by atoms with Crippen LogP contribution in [0.1, 0.15) is 27.9 Å². The lowest BCUT2D eigenvalue weighted by Gasteiger charge is -2.34. The Morgan fingerprint density at radius 3 is 1.95 bits per heavy atom. The molecular formula is C32H35N5O7. The summed E-state index contributed by atoms with van der Waals surface area (Å²) in [5.41, 5.74) is 2.44. The van der Waals surface area contributed by atoms with E-state index < -0.39 is 29.9 Å². The third-order valence-electron chi connectivity index (χ3n) is 6.70. The molecule has 1 saturated heterocycles. The van der Waals surface area contributed by atoms with Crippen molar-refractivity contribution in [1.29, 1.82) is 0 Å². The van der Waals surface area contributed by atoms with Crippen LogP contribution < -0.4 is 16.0 Å². The summed E-state index contributed by atoms with van der Waals surface area (Å²) in [7, 11) is 0.